The molecule has 1 saturated heterocycles. The summed E-state index contributed by atoms with van der Waals surface area (Å²) in [6, 6.07) is 3.74. The van der Waals surface area contributed by atoms with Crippen LogP contribution in [-0.4, -0.2) is 42.9 Å². The molecule has 0 aromatic heterocycles. The number of hydrogen-bond donors (Lipinski definition) is 2. The third-order valence-electron chi connectivity index (χ3n) is 5.11. The molecule has 11 heteroatoms. The number of amides is 1. The molecule has 3 rings (SSSR count). The number of benzene rings is 2. The highest BCUT2D eigenvalue weighted by molar-refractivity contribution is 7.89. The van der Waals surface area contributed by atoms with Crippen LogP contribution in [0.1, 0.15) is 30.1 Å². The van der Waals surface area contributed by atoms with Crippen molar-refractivity contribution in [1.29, 1.82) is 0 Å². The molecule has 2 aromatic carbocycles. The molecule has 0 bridgehead atoms. The van der Waals surface area contributed by atoms with E-state index in [0.717, 1.165) is 22.5 Å². The number of carbonyl (C=O) groups excluding carboxylic acids is 1. The maximum Gasteiger partial charge on any atom is 0.255 e. The average molecular weight is 460 g/mol. The summed E-state index contributed by atoms with van der Waals surface area (Å²) in [5, 5.41) is 12.1. The van der Waals surface area contributed by atoms with Gasteiger partial charge in [0.15, 0.2) is 17.5 Å². The van der Waals surface area contributed by atoms with Gasteiger partial charge in [-0.25, -0.2) is 26.0 Å². The van der Waals surface area contributed by atoms with E-state index in [2.05, 4.69) is 5.32 Å². The van der Waals surface area contributed by atoms with E-state index in [4.69, 9.17) is 0 Å². The van der Waals surface area contributed by atoms with Crippen molar-refractivity contribution in [2.75, 3.05) is 18.4 Å². The normalized spacial score (nSPS) is 20.3. The SMILES string of the molecule is CC1CN(S(=O)(=O)c2cc(C(=O)Nc3cc(F)c(F)c(F)c3)ccc2F)CCC[C@H]1O. The van der Waals surface area contributed by atoms with Gasteiger partial charge in [0, 0.05) is 36.5 Å². The van der Waals surface area contributed by atoms with Crippen LogP contribution >= 0.6 is 0 Å². The predicted molar refractivity (Wildman–Crippen MR) is 104 cm³/mol. The lowest BCUT2D eigenvalue weighted by Gasteiger charge is -2.23. The second kappa shape index (κ2) is 8.93. The van der Waals surface area contributed by atoms with Gasteiger partial charge in [-0.15, -0.1) is 0 Å². The molecule has 1 aliphatic heterocycles. The number of nitrogens with one attached hydrogen (secondary N) is 1. The molecule has 0 spiro atoms. The zero-order valence-electron chi connectivity index (χ0n) is 16.4. The molecule has 1 aliphatic rings. The molecule has 2 aromatic rings. The predicted octanol–water partition coefficient (Wildman–Crippen LogP) is 3.28. The Morgan fingerprint density at radius 3 is 2.39 bits per heavy atom. The van der Waals surface area contributed by atoms with Crippen molar-refractivity contribution in [2.24, 2.45) is 5.92 Å². The van der Waals surface area contributed by atoms with Gasteiger partial charge in [0.1, 0.15) is 10.7 Å². The molecule has 0 saturated carbocycles. The number of hydrogen-bond acceptors (Lipinski definition) is 4. The van der Waals surface area contributed by atoms with Crippen molar-refractivity contribution in [2.45, 2.75) is 30.8 Å². The van der Waals surface area contributed by atoms with Crippen molar-refractivity contribution >= 4 is 21.6 Å². The molecule has 168 valence electrons. The maximum atomic E-state index is 14.4. The van der Waals surface area contributed by atoms with Gasteiger partial charge in [-0.3, -0.25) is 4.79 Å². The standard InChI is InChI=1S/C20H20F4N2O4S/c1-11-10-26(6-2-3-17(11)27)31(29,30)18-7-12(4-5-14(18)21)20(28)25-13-8-15(22)19(24)16(23)9-13/h4-5,7-9,11,17,27H,2-3,6,10H2,1H3,(H,25,28)/t11?,17-/m1/s1. The smallest absolute Gasteiger partial charge is 0.255 e. The van der Waals surface area contributed by atoms with Crippen LogP contribution in [-0.2, 0) is 10.0 Å². The number of aliphatic hydroxyl groups is 1. The van der Waals surface area contributed by atoms with E-state index in [1.54, 1.807) is 6.92 Å². The number of sulfonamides is 1. The van der Waals surface area contributed by atoms with E-state index in [0.29, 0.717) is 25.0 Å². The van der Waals surface area contributed by atoms with Crippen LogP contribution in [0.4, 0.5) is 23.2 Å². The molecular weight excluding hydrogens is 440 g/mol. The number of halogens is 4. The molecule has 6 nitrogen and oxygen atoms in total. The van der Waals surface area contributed by atoms with E-state index < -0.39 is 55.9 Å². The van der Waals surface area contributed by atoms with E-state index in [9.17, 15) is 35.9 Å². The first kappa shape index (κ1) is 23.2. The lowest BCUT2D eigenvalue weighted by molar-refractivity contribution is 0.102. The molecule has 31 heavy (non-hydrogen) atoms. The van der Waals surface area contributed by atoms with Gasteiger partial charge < -0.3 is 10.4 Å². The number of anilines is 1. The van der Waals surface area contributed by atoms with Crippen LogP contribution in [0.5, 0.6) is 0 Å². The van der Waals surface area contributed by atoms with Crippen LogP contribution in [0.3, 0.4) is 0 Å². The molecular formula is C20H20F4N2O4S. The van der Waals surface area contributed by atoms with Crippen LogP contribution < -0.4 is 5.32 Å². The van der Waals surface area contributed by atoms with Crippen molar-refractivity contribution in [3.8, 4) is 0 Å². The minimum atomic E-state index is -4.32. The molecule has 1 unspecified atom stereocenters. The molecule has 1 amide bonds. The van der Waals surface area contributed by atoms with E-state index >= 15 is 0 Å². The summed E-state index contributed by atoms with van der Waals surface area (Å²) in [5.41, 5.74) is -0.682. The first-order valence-electron chi connectivity index (χ1n) is 9.44. The molecule has 2 N–H and O–H groups in total. The van der Waals surface area contributed by atoms with E-state index in [-0.39, 0.29) is 24.6 Å². The lowest BCUT2D eigenvalue weighted by Crippen LogP contribution is -2.36. The average Bonchev–Trinajstić information content (AvgIpc) is 2.87. The first-order valence-corrected chi connectivity index (χ1v) is 10.9. The zero-order valence-corrected chi connectivity index (χ0v) is 17.2. The van der Waals surface area contributed by atoms with Gasteiger partial charge in [0.25, 0.3) is 5.91 Å². The van der Waals surface area contributed by atoms with Gasteiger partial charge in [0.2, 0.25) is 10.0 Å². The molecule has 1 fully saturated rings. The van der Waals surface area contributed by atoms with Crippen LogP contribution in [0.15, 0.2) is 35.2 Å². The third kappa shape index (κ3) is 4.89. The number of nitrogens with zero attached hydrogens (tertiary/aromatic N) is 1. The topological polar surface area (TPSA) is 86.7 Å². The van der Waals surface area contributed by atoms with Crippen LogP contribution in [0.25, 0.3) is 0 Å². The first-order chi connectivity index (χ1) is 14.5. The summed E-state index contributed by atoms with van der Waals surface area (Å²) in [4.78, 5) is 11.7. The molecule has 1 heterocycles. The Morgan fingerprint density at radius 2 is 1.74 bits per heavy atom. The summed E-state index contributed by atoms with van der Waals surface area (Å²) in [7, 11) is -4.32. The second-order valence-electron chi connectivity index (χ2n) is 7.40. The van der Waals surface area contributed by atoms with Gasteiger partial charge in [0.05, 0.1) is 6.10 Å². The van der Waals surface area contributed by atoms with E-state index in [1.807, 2.05) is 0 Å². The Bertz CT molecular complexity index is 1090. The van der Waals surface area contributed by atoms with Gasteiger partial charge >= 0.3 is 0 Å². The Kier molecular flexibility index (Phi) is 6.68. The Hall–Kier alpha value is -2.50. The minimum absolute atomic E-state index is 0.0203. The summed E-state index contributed by atoms with van der Waals surface area (Å²) in [6.45, 7) is 1.74. The second-order valence-corrected chi connectivity index (χ2v) is 9.31. The summed E-state index contributed by atoms with van der Waals surface area (Å²) >= 11 is 0. The maximum absolute atomic E-state index is 14.4. The highest BCUT2D eigenvalue weighted by Crippen LogP contribution is 2.26. The summed E-state index contributed by atoms with van der Waals surface area (Å²) < 4.78 is 81.2. The highest BCUT2D eigenvalue weighted by Gasteiger charge is 2.33. The monoisotopic (exact) mass is 460 g/mol. The third-order valence-corrected chi connectivity index (χ3v) is 6.99. The molecule has 0 aliphatic carbocycles. The molecule has 0 radical (unpaired) electrons. The largest absolute Gasteiger partial charge is 0.393 e. The van der Waals surface area contributed by atoms with Gasteiger partial charge in [-0.1, -0.05) is 6.92 Å². The number of rotatable bonds is 4. The fourth-order valence-electron chi connectivity index (χ4n) is 3.33. The fourth-order valence-corrected chi connectivity index (χ4v) is 5.00. The Morgan fingerprint density at radius 1 is 1.10 bits per heavy atom. The van der Waals surface area contributed by atoms with Crippen molar-refractivity contribution in [3.05, 3.63) is 59.2 Å². The summed E-state index contributed by atoms with van der Waals surface area (Å²) in [6.07, 6.45) is 0.107. The zero-order chi connectivity index (χ0) is 22.9. The minimum Gasteiger partial charge on any atom is -0.393 e. The highest BCUT2D eigenvalue weighted by atomic mass is 32.2. The Balaban J connectivity index is 1.90. The van der Waals surface area contributed by atoms with E-state index in [1.165, 1.54) is 0 Å². The molecule has 2 atom stereocenters. The van der Waals surface area contributed by atoms with Gasteiger partial charge in [-0.2, -0.15) is 4.31 Å². The summed E-state index contributed by atoms with van der Waals surface area (Å²) in [5.74, 6) is -7.15. The number of aliphatic hydroxyl groups excluding tert-OH is 1. The van der Waals surface area contributed by atoms with Gasteiger partial charge in [-0.05, 0) is 37.0 Å². The van der Waals surface area contributed by atoms with Crippen molar-refractivity contribution in [3.63, 3.8) is 0 Å². The van der Waals surface area contributed by atoms with Crippen LogP contribution in [0, 0.1) is 29.2 Å². The van der Waals surface area contributed by atoms with Crippen molar-refractivity contribution in [1.82, 2.24) is 4.31 Å². The quantitative estimate of drug-likeness (QED) is 0.542. The van der Waals surface area contributed by atoms with Crippen LogP contribution in [0.2, 0.25) is 0 Å². The van der Waals surface area contributed by atoms with Crippen molar-refractivity contribution < 1.29 is 35.9 Å². The lowest BCUT2D eigenvalue weighted by atomic mass is 10.0. The number of carbonyl (C=O) groups is 1. The Labute approximate surface area is 176 Å². The fraction of sp³-hybridized carbons (Fsp3) is 0.350.